The summed E-state index contributed by atoms with van der Waals surface area (Å²) in [5.74, 6) is 1.02. The van der Waals surface area contributed by atoms with Crippen molar-refractivity contribution in [1.82, 2.24) is 0 Å². The summed E-state index contributed by atoms with van der Waals surface area (Å²) in [5.41, 5.74) is 8.79. The van der Waals surface area contributed by atoms with E-state index in [1.807, 2.05) is 0 Å². The molecule has 2 unspecified atom stereocenters. The van der Waals surface area contributed by atoms with E-state index in [1.165, 1.54) is 11.1 Å². The molecule has 1 fully saturated rings. The van der Waals surface area contributed by atoms with Gasteiger partial charge in [0.05, 0.1) is 0 Å². The molecule has 2 atom stereocenters. The molecule has 0 radical (unpaired) electrons. The summed E-state index contributed by atoms with van der Waals surface area (Å²) in [5, 5.41) is 0. The zero-order valence-electron chi connectivity index (χ0n) is 13.1. The van der Waals surface area contributed by atoms with Gasteiger partial charge in [0.15, 0.2) is 0 Å². The van der Waals surface area contributed by atoms with Crippen molar-refractivity contribution in [2.45, 2.75) is 65.5 Å². The van der Waals surface area contributed by atoms with Crippen molar-refractivity contribution in [3.63, 3.8) is 0 Å². The molecule has 2 N–H and O–H groups in total. The third-order valence-electron chi connectivity index (χ3n) is 4.47. The van der Waals surface area contributed by atoms with Crippen molar-refractivity contribution in [3.05, 3.63) is 29.3 Å². The highest BCUT2D eigenvalue weighted by Crippen LogP contribution is 2.43. The molecule has 1 aromatic carbocycles. The Labute approximate surface area is 117 Å². The molecule has 2 rings (SSSR count). The number of hydrogen-bond acceptors (Lipinski definition) is 2. The smallest absolute Gasteiger partial charge is 0.123 e. The van der Waals surface area contributed by atoms with Gasteiger partial charge in [-0.2, -0.15) is 0 Å². The van der Waals surface area contributed by atoms with Crippen LogP contribution in [-0.2, 0) is 5.41 Å². The minimum Gasteiger partial charge on any atom is -0.489 e. The molecule has 0 saturated heterocycles. The molecule has 0 amide bonds. The fourth-order valence-corrected chi connectivity index (χ4v) is 2.60. The van der Waals surface area contributed by atoms with Crippen LogP contribution in [0.3, 0.4) is 0 Å². The van der Waals surface area contributed by atoms with Crippen LogP contribution in [0.25, 0.3) is 0 Å². The van der Waals surface area contributed by atoms with Gasteiger partial charge in [0.2, 0.25) is 0 Å². The normalized spacial score (nSPS) is 25.8. The fraction of sp³-hybridized carbons (Fsp3) is 0.647. The second-order valence-corrected chi connectivity index (χ2v) is 7.52. The van der Waals surface area contributed by atoms with Gasteiger partial charge in [-0.15, -0.1) is 0 Å². The molecule has 1 aliphatic rings. The van der Waals surface area contributed by atoms with Crippen LogP contribution >= 0.6 is 0 Å². The molecule has 1 saturated carbocycles. The average Bonchev–Trinajstić information content (AvgIpc) is 2.29. The Bertz CT molecular complexity index is 471. The molecule has 0 heterocycles. The molecule has 1 aliphatic carbocycles. The van der Waals surface area contributed by atoms with Crippen molar-refractivity contribution in [2.75, 3.05) is 0 Å². The summed E-state index contributed by atoms with van der Waals surface area (Å²) in [7, 11) is 0. The molecule has 19 heavy (non-hydrogen) atoms. The van der Waals surface area contributed by atoms with Gasteiger partial charge in [-0.3, -0.25) is 0 Å². The summed E-state index contributed by atoms with van der Waals surface area (Å²) < 4.78 is 6.27. The Morgan fingerprint density at radius 1 is 1.26 bits per heavy atom. The van der Waals surface area contributed by atoms with E-state index in [1.54, 1.807) is 0 Å². The molecule has 106 valence electrons. The lowest BCUT2D eigenvalue weighted by Crippen LogP contribution is -2.60. The monoisotopic (exact) mass is 261 g/mol. The van der Waals surface area contributed by atoms with Crippen LogP contribution < -0.4 is 10.5 Å². The highest BCUT2D eigenvalue weighted by Gasteiger charge is 2.48. The predicted octanol–water partition coefficient (Wildman–Crippen LogP) is 3.80. The molecule has 2 nitrogen and oxygen atoms in total. The van der Waals surface area contributed by atoms with Crippen LogP contribution in [0.2, 0.25) is 0 Å². The maximum Gasteiger partial charge on any atom is 0.123 e. The number of aryl methyl sites for hydroxylation is 1. The summed E-state index contributed by atoms with van der Waals surface area (Å²) in [4.78, 5) is 0. The topological polar surface area (TPSA) is 35.2 Å². The van der Waals surface area contributed by atoms with E-state index in [0.717, 1.165) is 12.2 Å². The van der Waals surface area contributed by atoms with Gasteiger partial charge in [0.1, 0.15) is 11.9 Å². The summed E-state index contributed by atoms with van der Waals surface area (Å²) in [6.07, 6.45) is 1.18. The SMILES string of the molecule is Cc1ccc(OC2CC(N)C2(C)C)c(C(C)(C)C)c1. The Morgan fingerprint density at radius 2 is 1.89 bits per heavy atom. The van der Waals surface area contributed by atoms with Gasteiger partial charge in [0.25, 0.3) is 0 Å². The van der Waals surface area contributed by atoms with E-state index >= 15 is 0 Å². The van der Waals surface area contributed by atoms with Crippen molar-refractivity contribution >= 4 is 0 Å². The van der Waals surface area contributed by atoms with E-state index in [4.69, 9.17) is 10.5 Å². The van der Waals surface area contributed by atoms with Gasteiger partial charge < -0.3 is 10.5 Å². The quantitative estimate of drug-likeness (QED) is 0.879. The minimum atomic E-state index is 0.0695. The number of benzene rings is 1. The molecule has 1 aromatic rings. The lowest BCUT2D eigenvalue weighted by Gasteiger charge is -2.50. The molecule has 0 aliphatic heterocycles. The Hall–Kier alpha value is -1.02. The van der Waals surface area contributed by atoms with Gasteiger partial charge in [-0.05, 0) is 24.0 Å². The molecular weight excluding hydrogens is 234 g/mol. The fourth-order valence-electron chi connectivity index (χ4n) is 2.60. The first-order valence-corrected chi connectivity index (χ1v) is 7.16. The van der Waals surface area contributed by atoms with Crippen LogP contribution in [-0.4, -0.2) is 12.1 Å². The average molecular weight is 261 g/mol. The van der Waals surface area contributed by atoms with E-state index in [2.05, 4.69) is 59.7 Å². The van der Waals surface area contributed by atoms with Crippen molar-refractivity contribution in [2.24, 2.45) is 11.1 Å². The highest BCUT2D eigenvalue weighted by molar-refractivity contribution is 5.41. The zero-order valence-corrected chi connectivity index (χ0v) is 13.1. The molecule has 2 heteroatoms. The number of nitrogens with two attached hydrogens (primary N) is 1. The van der Waals surface area contributed by atoms with Gasteiger partial charge in [0, 0.05) is 17.9 Å². The van der Waals surface area contributed by atoms with E-state index in [-0.39, 0.29) is 23.0 Å². The van der Waals surface area contributed by atoms with Crippen LogP contribution in [0, 0.1) is 12.3 Å². The predicted molar refractivity (Wildman–Crippen MR) is 80.7 cm³/mol. The first kappa shape index (κ1) is 14.4. The molecule has 0 bridgehead atoms. The molecule has 0 spiro atoms. The number of ether oxygens (including phenoxy) is 1. The lowest BCUT2D eigenvalue weighted by molar-refractivity contribution is -0.0408. The highest BCUT2D eigenvalue weighted by atomic mass is 16.5. The van der Waals surface area contributed by atoms with Crippen LogP contribution in [0.15, 0.2) is 18.2 Å². The van der Waals surface area contributed by atoms with Crippen molar-refractivity contribution < 1.29 is 4.74 Å². The van der Waals surface area contributed by atoms with E-state index < -0.39 is 0 Å². The summed E-state index contributed by atoms with van der Waals surface area (Å²) in [6, 6.07) is 6.72. The molecule has 0 aromatic heterocycles. The minimum absolute atomic E-state index is 0.0695. The maximum atomic E-state index is 6.27. The van der Waals surface area contributed by atoms with Crippen LogP contribution in [0.1, 0.15) is 52.2 Å². The molecular formula is C17H27NO. The summed E-state index contributed by atoms with van der Waals surface area (Å²) in [6.45, 7) is 13.2. The third kappa shape index (κ3) is 2.64. The van der Waals surface area contributed by atoms with E-state index in [0.29, 0.717) is 0 Å². The lowest BCUT2D eigenvalue weighted by atomic mass is 9.65. The van der Waals surface area contributed by atoms with Crippen LogP contribution in [0.4, 0.5) is 0 Å². The van der Waals surface area contributed by atoms with Crippen molar-refractivity contribution in [1.29, 1.82) is 0 Å². The number of hydrogen-bond donors (Lipinski definition) is 1. The van der Waals surface area contributed by atoms with Crippen LogP contribution in [0.5, 0.6) is 5.75 Å². The first-order valence-electron chi connectivity index (χ1n) is 7.16. The van der Waals surface area contributed by atoms with Gasteiger partial charge in [-0.25, -0.2) is 0 Å². The van der Waals surface area contributed by atoms with Crippen molar-refractivity contribution in [3.8, 4) is 5.75 Å². The first-order chi connectivity index (χ1) is 8.62. The third-order valence-corrected chi connectivity index (χ3v) is 4.47. The second-order valence-electron chi connectivity index (χ2n) is 7.52. The summed E-state index contributed by atoms with van der Waals surface area (Å²) >= 11 is 0. The standard InChI is InChI=1S/C17H27NO/c1-11-7-8-13(12(9-11)16(2,3)4)19-15-10-14(18)17(15,5)6/h7-9,14-15H,10,18H2,1-6H3. The Morgan fingerprint density at radius 3 is 2.37 bits per heavy atom. The second kappa shape index (κ2) is 4.52. The van der Waals surface area contributed by atoms with E-state index in [9.17, 15) is 0 Å². The Balaban J connectivity index is 2.27. The van der Waals surface area contributed by atoms with Gasteiger partial charge >= 0.3 is 0 Å². The van der Waals surface area contributed by atoms with Gasteiger partial charge in [-0.1, -0.05) is 52.3 Å². The largest absolute Gasteiger partial charge is 0.489 e. The number of rotatable bonds is 2. The zero-order chi connectivity index (χ0) is 14.4. The Kier molecular flexibility index (Phi) is 3.42. The maximum absolute atomic E-state index is 6.27.